The van der Waals surface area contributed by atoms with Crippen LogP contribution in [0.4, 0.5) is 18.9 Å². The van der Waals surface area contributed by atoms with Gasteiger partial charge in [-0.05, 0) is 37.6 Å². The Hall–Kier alpha value is -3.13. The molecule has 0 aliphatic carbocycles. The van der Waals surface area contributed by atoms with E-state index in [2.05, 4.69) is 11.6 Å². The fourth-order valence-electron chi connectivity index (χ4n) is 3.24. The highest BCUT2D eigenvalue weighted by Gasteiger charge is 2.30. The fraction of sp³-hybridized carbons (Fsp3) is 0.217. The van der Waals surface area contributed by atoms with E-state index in [9.17, 15) is 23.1 Å². The number of anilines is 1. The number of rotatable bonds is 7. The van der Waals surface area contributed by atoms with Crippen molar-refractivity contribution in [3.8, 4) is 10.6 Å². The van der Waals surface area contributed by atoms with E-state index in [1.807, 2.05) is 31.2 Å². The largest absolute Gasteiger partial charge is 0.479 e. The van der Waals surface area contributed by atoms with Gasteiger partial charge in [0.05, 0.1) is 17.8 Å². The zero-order valence-corrected chi connectivity index (χ0v) is 17.8. The van der Waals surface area contributed by atoms with Crippen LogP contribution in [0.1, 0.15) is 21.7 Å². The summed E-state index contributed by atoms with van der Waals surface area (Å²) in [6, 6.07) is 11.4. The lowest BCUT2D eigenvalue weighted by Crippen LogP contribution is -2.39. The van der Waals surface area contributed by atoms with Crippen LogP contribution < -0.4 is 4.90 Å². The zero-order valence-electron chi connectivity index (χ0n) is 17.0. The predicted octanol–water partition coefficient (Wildman–Crippen LogP) is 6.09. The normalized spacial score (nSPS) is 12.4. The van der Waals surface area contributed by atoms with Crippen LogP contribution >= 0.6 is 11.3 Å². The van der Waals surface area contributed by atoms with Gasteiger partial charge in [0.2, 0.25) is 0 Å². The molecule has 0 aliphatic rings. The number of alkyl halides is 3. The van der Waals surface area contributed by atoms with Gasteiger partial charge < -0.3 is 10.0 Å². The molecule has 0 fully saturated rings. The number of thiazole rings is 1. The first kappa shape index (κ1) is 22.6. The molecule has 0 saturated carbocycles. The van der Waals surface area contributed by atoms with Crippen molar-refractivity contribution in [3.05, 3.63) is 82.9 Å². The Kier molecular flexibility index (Phi) is 6.50. The van der Waals surface area contributed by atoms with E-state index in [0.29, 0.717) is 16.3 Å². The third-order valence-electron chi connectivity index (χ3n) is 4.90. The number of carboxylic acids is 1. The molecular formula is C23H21F3N2O2S. The Morgan fingerprint density at radius 1 is 1.19 bits per heavy atom. The van der Waals surface area contributed by atoms with Crippen LogP contribution in [0.5, 0.6) is 0 Å². The van der Waals surface area contributed by atoms with Gasteiger partial charge in [0.25, 0.3) is 0 Å². The maximum Gasteiger partial charge on any atom is 0.416 e. The summed E-state index contributed by atoms with van der Waals surface area (Å²) in [7, 11) is 0. The molecular weight excluding hydrogens is 425 g/mol. The molecule has 31 heavy (non-hydrogen) atoms. The second kappa shape index (κ2) is 8.93. The van der Waals surface area contributed by atoms with Gasteiger partial charge in [-0.2, -0.15) is 13.2 Å². The minimum atomic E-state index is -4.40. The van der Waals surface area contributed by atoms with E-state index in [0.717, 1.165) is 28.3 Å². The summed E-state index contributed by atoms with van der Waals surface area (Å²) in [6.07, 6.45) is -3.02. The molecule has 0 aliphatic heterocycles. The molecule has 8 heteroatoms. The Labute approximate surface area is 182 Å². The van der Waals surface area contributed by atoms with Gasteiger partial charge in [0.1, 0.15) is 11.0 Å². The Morgan fingerprint density at radius 3 is 2.39 bits per heavy atom. The van der Waals surface area contributed by atoms with Gasteiger partial charge in [-0.1, -0.05) is 36.4 Å². The summed E-state index contributed by atoms with van der Waals surface area (Å²) in [4.78, 5) is 18.9. The molecule has 162 valence electrons. The molecule has 1 heterocycles. The van der Waals surface area contributed by atoms with E-state index in [1.165, 1.54) is 29.5 Å². The maximum atomic E-state index is 12.8. The summed E-state index contributed by atoms with van der Waals surface area (Å²) >= 11 is 1.33. The van der Waals surface area contributed by atoms with E-state index >= 15 is 0 Å². The second-order valence-corrected chi connectivity index (χ2v) is 8.12. The van der Waals surface area contributed by atoms with Gasteiger partial charge in [0.15, 0.2) is 0 Å². The lowest BCUT2D eigenvalue weighted by Gasteiger charge is -2.30. The van der Waals surface area contributed by atoms with Crippen molar-refractivity contribution in [2.24, 2.45) is 0 Å². The van der Waals surface area contributed by atoms with Gasteiger partial charge in [-0.15, -0.1) is 17.9 Å². The molecule has 2 aromatic carbocycles. The number of aliphatic carboxylic acids is 1. The van der Waals surface area contributed by atoms with E-state index in [1.54, 1.807) is 11.8 Å². The Bertz CT molecular complexity index is 1090. The third kappa shape index (κ3) is 4.96. The van der Waals surface area contributed by atoms with E-state index in [4.69, 9.17) is 0 Å². The van der Waals surface area contributed by atoms with Crippen LogP contribution in [0.15, 0.2) is 61.2 Å². The number of aromatic nitrogens is 1. The molecule has 3 aromatic rings. The maximum absolute atomic E-state index is 12.8. The number of nitrogens with zero attached hydrogens (tertiary/aromatic N) is 2. The lowest BCUT2D eigenvalue weighted by molar-refractivity contribution is -0.138. The fourth-order valence-corrected chi connectivity index (χ4v) is 4.30. The van der Waals surface area contributed by atoms with Crippen LogP contribution in [0.3, 0.4) is 0 Å². The molecule has 0 spiro atoms. The van der Waals surface area contributed by atoms with Crippen molar-refractivity contribution in [2.45, 2.75) is 32.6 Å². The molecule has 0 amide bonds. The number of para-hydroxylation sites is 1. The van der Waals surface area contributed by atoms with Crippen LogP contribution in [-0.2, 0) is 17.5 Å². The molecule has 1 N–H and O–H groups in total. The molecule has 1 unspecified atom stereocenters. The number of aryl methyl sites for hydroxylation is 2. The quantitative estimate of drug-likeness (QED) is 0.446. The summed E-state index contributed by atoms with van der Waals surface area (Å²) < 4.78 is 38.5. The van der Waals surface area contributed by atoms with E-state index < -0.39 is 23.8 Å². The Balaban J connectivity index is 1.96. The second-order valence-electron chi connectivity index (χ2n) is 7.04. The first-order valence-corrected chi connectivity index (χ1v) is 10.2. The summed E-state index contributed by atoms with van der Waals surface area (Å²) in [5.41, 5.74) is 2.24. The highest BCUT2D eigenvalue weighted by Crippen LogP contribution is 2.34. The van der Waals surface area contributed by atoms with E-state index in [-0.39, 0.29) is 6.54 Å². The number of hydrogen-bond acceptors (Lipinski definition) is 4. The minimum Gasteiger partial charge on any atom is -0.479 e. The lowest BCUT2D eigenvalue weighted by atomic mass is 10.1. The van der Waals surface area contributed by atoms with Gasteiger partial charge in [-0.25, -0.2) is 9.78 Å². The minimum absolute atomic E-state index is 0.276. The summed E-state index contributed by atoms with van der Waals surface area (Å²) in [5, 5.41) is 10.3. The van der Waals surface area contributed by atoms with Crippen molar-refractivity contribution in [3.63, 3.8) is 0 Å². The first-order valence-electron chi connectivity index (χ1n) is 9.43. The number of carboxylic acid groups (broad SMARTS) is 1. The number of halogens is 3. The number of benzene rings is 2. The number of hydrogen-bond donors (Lipinski definition) is 1. The first-order chi connectivity index (χ1) is 14.6. The molecule has 3 rings (SSSR count). The molecule has 0 saturated heterocycles. The summed E-state index contributed by atoms with van der Waals surface area (Å²) in [6.45, 7) is 7.66. The topological polar surface area (TPSA) is 53.4 Å². The average molecular weight is 446 g/mol. The highest BCUT2D eigenvalue weighted by molar-refractivity contribution is 7.15. The SMILES string of the molecule is C=CC(C(=O)O)N(Cc1sc(-c2ccc(C(F)(F)F)cc2)nc1C)c1ccccc1C. The van der Waals surface area contributed by atoms with Crippen molar-refractivity contribution in [1.82, 2.24) is 4.98 Å². The monoisotopic (exact) mass is 446 g/mol. The zero-order chi connectivity index (χ0) is 22.8. The molecule has 1 aromatic heterocycles. The standard InChI is InChI=1S/C23H21F3N2O2S/c1-4-18(22(29)30)28(19-8-6-5-7-14(19)2)13-20-15(3)27-21(31-20)16-9-11-17(12-10-16)23(24,25)26/h4-12,18H,1,13H2,2-3H3,(H,29,30). The van der Waals surface area contributed by atoms with Gasteiger partial charge >= 0.3 is 12.1 Å². The van der Waals surface area contributed by atoms with Crippen LogP contribution in [-0.4, -0.2) is 22.1 Å². The van der Waals surface area contributed by atoms with Crippen molar-refractivity contribution in [1.29, 1.82) is 0 Å². The number of carbonyl (C=O) groups is 1. The third-order valence-corrected chi connectivity index (χ3v) is 6.09. The van der Waals surface area contributed by atoms with Gasteiger partial charge in [-0.3, -0.25) is 0 Å². The predicted molar refractivity (Wildman–Crippen MR) is 116 cm³/mol. The summed E-state index contributed by atoms with van der Waals surface area (Å²) in [5.74, 6) is -1.02. The molecule has 1 atom stereocenters. The molecule has 0 bridgehead atoms. The smallest absolute Gasteiger partial charge is 0.416 e. The van der Waals surface area contributed by atoms with Crippen molar-refractivity contribution >= 4 is 23.0 Å². The Morgan fingerprint density at radius 2 is 1.84 bits per heavy atom. The van der Waals surface area contributed by atoms with Crippen LogP contribution in [0.2, 0.25) is 0 Å². The molecule has 4 nitrogen and oxygen atoms in total. The van der Waals surface area contributed by atoms with Crippen molar-refractivity contribution in [2.75, 3.05) is 4.90 Å². The van der Waals surface area contributed by atoms with Crippen molar-refractivity contribution < 1.29 is 23.1 Å². The van der Waals surface area contributed by atoms with Gasteiger partial charge in [0, 0.05) is 16.1 Å². The van der Waals surface area contributed by atoms with Crippen LogP contribution in [0, 0.1) is 13.8 Å². The highest BCUT2D eigenvalue weighted by atomic mass is 32.1. The van der Waals surface area contributed by atoms with Crippen LogP contribution in [0.25, 0.3) is 10.6 Å². The molecule has 0 radical (unpaired) electrons. The average Bonchev–Trinajstić information content (AvgIpc) is 3.08.